The zero-order chi connectivity index (χ0) is 12.5. The minimum absolute atomic E-state index is 0.0518. The van der Waals surface area contributed by atoms with Crippen LogP contribution < -0.4 is 16.0 Å². The summed E-state index contributed by atoms with van der Waals surface area (Å²) in [5.41, 5.74) is 7.24. The molecule has 0 radical (unpaired) electrons. The fourth-order valence-electron chi connectivity index (χ4n) is 1.80. The van der Waals surface area contributed by atoms with E-state index >= 15 is 0 Å². The molecule has 0 unspecified atom stereocenters. The molecule has 0 spiro atoms. The molecule has 1 aliphatic rings. The van der Waals surface area contributed by atoms with E-state index in [-0.39, 0.29) is 11.3 Å². The molecule has 1 amide bonds. The molecular formula is C13H19N3O. The molecule has 3 N–H and O–H groups in total. The minimum atomic E-state index is -0.297. The molecule has 1 fully saturated rings. The lowest BCUT2D eigenvalue weighted by Gasteiger charge is -2.16. The van der Waals surface area contributed by atoms with E-state index in [2.05, 4.69) is 5.32 Å². The van der Waals surface area contributed by atoms with Crippen LogP contribution >= 0.6 is 0 Å². The Hall–Kier alpha value is -1.55. The van der Waals surface area contributed by atoms with Crippen LogP contribution in [0.25, 0.3) is 0 Å². The van der Waals surface area contributed by atoms with Crippen molar-refractivity contribution in [1.82, 2.24) is 0 Å². The van der Waals surface area contributed by atoms with E-state index in [4.69, 9.17) is 5.73 Å². The third kappa shape index (κ3) is 2.42. The monoisotopic (exact) mass is 233 g/mol. The fourth-order valence-corrected chi connectivity index (χ4v) is 1.80. The number of hydrogen-bond donors (Lipinski definition) is 2. The summed E-state index contributed by atoms with van der Waals surface area (Å²) >= 11 is 0. The Bertz CT molecular complexity index is 424. The maximum absolute atomic E-state index is 12.0. The van der Waals surface area contributed by atoms with Crippen molar-refractivity contribution in [1.29, 1.82) is 0 Å². The predicted octanol–water partition coefficient (Wildman–Crippen LogP) is 1.43. The Morgan fingerprint density at radius 2 is 2.18 bits per heavy atom. The largest absolute Gasteiger partial charge is 0.378 e. The summed E-state index contributed by atoms with van der Waals surface area (Å²) in [7, 11) is 3.95. The van der Waals surface area contributed by atoms with E-state index < -0.39 is 0 Å². The Morgan fingerprint density at radius 1 is 1.47 bits per heavy atom. The number of hydrogen-bond acceptors (Lipinski definition) is 3. The molecule has 0 aliphatic heterocycles. The van der Waals surface area contributed by atoms with Crippen LogP contribution in [0.4, 0.5) is 11.4 Å². The molecule has 4 heteroatoms. The van der Waals surface area contributed by atoms with Crippen LogP contribution in [0.5, 0.6) is 0 Å². The first kappa shape index (κ1) is 11.9. The topological polar surface area (TPSA) is 58.4 Å². The highest BCUT2D eigenvalue weighted by molar-refractivity contribution is 5.97. The molecule has 0 bridgehead atoms. The third-order valence-electron chi connectivity index (χ3n) is 3.35. The normalized spacial score (nSPS) is 16.4. The zero-order valence-corrected chi connectivity index (χ0v) is 10.4. The molecule has 0 aromatic heterocycles. The van der Waals surface area contributed by atoms with Gasteiger partial charge in [0.05, 0.1) is 5.41 Å². The van der Waals surface area contributed by atoms with Gasteiger partial charge in [0.15, 0.2) is 0 Å². The second-order valence-corrected chi connectivity index (χ2v) is 4.88. The maximum Gasteiger partial charge on any atom is 0.231 e. The van der Waals surface area contributed by atoms with E-state index in [1.165, 1.54) is 0 Å². The number of nitrogens with two attached hydrogens (primary N) is 1. The van der Waals surface area contributed by atoms with E-state index in [0.29, 0.717) is 6.54 Å². The smallest absolute Gasteiger partial charge is 0.231 e. The zero-order valence-electron chi connectivity index (χ0n) is 10.4. The molecule has 92 valence electrons. The number of nitrogens with one attached hydrogen (secondary N) is 1. The molecule has 1 aromatic carbocycles. The first-order valence-corrected chi connectivity index (χ1v) is 5.86. The van der Waals surface area contributed by atoms with E-state index in [1.807, 2.05) is 43.3 Å². The highest BCUT2D eigenvalue weighted by atomic mass is 16.2. The Balaban J connectivity index is 2.08. The van der Waals surface area contributed by atoms with Crippen LogP contribution in [0.15, 0.2) is 24.3 Å². The van der Waals surface area contributed by atoms with Crippen molar-refractivity contribution in [3.05, 3.63) is 24.3 Å². The van der Waals surface area contributed by atoms with E-state index in [0.717, 1.165) is 24.2 Å². The van der Waals surface area contributed by atoms with Gasteiger partial charge in [-0.1, -0.05) is 6.07 Å². The highest BCUT2D eigenvalue weighted by Gasteiger charge is 2.48. The van der Waals surface area contributed by atoms with Crippen LogP contribution in [0.2, 0.25) is 0 Å². The van der Waals surface area contributed by atoms with Crippen molar-refractivity contribution in [2.45, 2.75) is 12.8 Å². The Kier molecular flexibility index (Phi) is 3.07. The molecular weight excluding hydrogens is 214 g/mol. The van der Waals surface area contributed by atoms with Gasteiger partial charge in [0.1, 0.15) is 0 Å². The number of carbonyl (C=O) groups is 1. The molecule has 1 saturated carbocycles. The first-order chi connectivity index (χ1) is 8.07. The van der Waals surface area contributed by atoms with Crippen LogP contribution in [0.3, 0.4) is 0 Å². The summed E-state index contributed by atoms with van der Waals surface area (Å²) in [6.07, 6.45) is 1.81. The van der Waals surface area contributed by atoms with Crippen LogP contribution in [0, 0.1) is 5.41 Å². The van der Waals surface area contributed by atoms with Gasteiger partial charge in [-0.05, 0) is 31.0 Å². The minimum Gasteiger partial charge on any atom is -0.378 e. The second-order valence-electron chi connectivity index (χ2n) is 4.88. The number of amides is 1. The fraction of sp³-hybridized carbons (Fsp3) is 0.462. The van der Waals surface area contributed by atoms with Crippen molar-refractivity contribution >= 4 is 17.3 Å². The average molecular weight is 233 g/mol. The molecule has 0 heterocycles. The first-order valence-electron chi connectivity index (χ1n) is 5.86. The van der Waals surface area contributed by atoms with Gasteiger partial charge in [0, 0.05) is 32.0 Å². The average Bonchev–Trinajstić information content (AvgIpc) is 3.10. The highest BCUT2D eigenvalue weighted by Crippen LogP contribution is 2.45. The molecule has 0 saturated heterocycles. The summed E-state index contributed by atoms with van der Waals surface area (Å²) in [4.78, 5) is 14.0. The third-order valence-corrected chi connectivity index (χ3v) is 3.35. The van der Waals surface area contributed by atoms with E-state index in [9.17, 15) is 4.79 Å². The number of benzene rings is 1. The lowest BCUT2D eigenvalue weighted by Crippen LogP contribution is -2.30. The summed E-state index contributed by atoms with van der Waals surface area (Å²) in [5.74, 6) is 0.0518. The van der Waals surface area contributed by atoms with Gasteiger partial charge in [-0.2, -0.15) is 0 Å². The van der Waals surface area contributed by atoms with Crippen molar-refractivity contribution in [2.75, 3.05) is 30.9 Å². The lowest BCUT2D eigenvalue weighted by molar-refractivity contribution is -0.120. The van der Waals surface area contributed by atoms with Crippen LogP contribution in [0.1, 0.15) is 12.8 Å². The number of rotatable bonds is 4. The summed E-state index contributed by atoms with van der Waals surface area (Å²) in [5, 5.41) is 2.95. The van der Waals surface area contributed by atoms with Gasteiger partial charge in [0.2, 0.25) is 5.91 Å². The molecule has 1 aliphatic carbocycles. The number of anilines is 2. The van der Waals surface area contributed by atoms with Crippen molar-refractivity contribution < 1.29 is 4.79 Å². The van der Waals surface area contributed by atoms with Gasteiger partial charge >= 0.3 is 0 Å². The van der Waals surface area contributed by atoms with Gasteiger partial charge < -0.3 is 16.0 Å². The van der Waals surface area contributed by atoms with Gasteiger partial charge in [-0.15, -0.1) is 0 Å². The number of nitrogens with zero attached hydrogens (tertiary/aromatic N) is 1. The van der Waals surface area contributed by atoms with Gasteiger partial charge in [0.25, 0.3) is 0 Å². The van der Waals surface area contributed by atoms with Crippen molar-refractivity contribution in [3.63, 3.8) is 0 Å². The van der Waals surface area contributed by atoms with Crippen molar-refractivity contribution in [3.8, 4) is 0 Å². The van der Waals surface area contributed by atoms with Gasteiger partial charge in [-0.3, -0.25) is 4.79 Å². The maximum atomic E-state index is 12.0. The quantitative estimate of drug-likeness (QED) is 0.827. The molecule has 1 aromatic rings. The summed E-state index contributed by atoms with van der Waals surface area (Å²) < 4.78 is 0. The molecule has 0 atom stereocenters. The molecule has 2 rings (SSSR count). The Morgan fingerprint density at radius 3 is 2.71 bits per heavy atom. The second kappa shape index (κ2) is 4.37. The van der Waals surface area contributed by atoms with E-state index in [1.54, 1.807) is 0 Å². The summed E-state index contributed by atoms with van der Waals surface area (Å²) in [6, 6.07) is 7.81. The molecule has 17 heavy (non-hydrogen) atoms. The predicted molar refractivity (Wildman–Crippen MR) is 70.1 cm³/mol. The van der Waals surface area contributed by atoms with Crippen molar-refractivity contribution in [2.24, 2.45) is 11.1 Å². The molecule has 4 nitrogen and oxygen atoms in total. The summed E-state index contributed by atoms with van der Waals surface area (Å²) in [6.45, 7) is 0.437. The lowest BCUT2D eigenvalue weighted by atomic mass is 10.1. The number of carbonyl (C=O) groups excluding carboxylic acids is 1. The Labute approximate surface area is 102 Å². The van der Waals surface area contributed by atoms with Crippen LogP contribution in [-0.2, 0) is 4.79 Å². The standard InChI is InChI=1S/C13H19N3O/c1-16(2)11-5-3-4-10(8-11)15-12(17)13(9-14)6-7-13/h3-5,8H,6-7,9,14H2,1-2H3,(H,15,17). The van der Waals surface area contributed by atoms with Gasteiger partial charge in [-0.25, -0.2) is 0 Å². The SMILES string of the molecule is CN(C)c1cccc(NC(=O)C2(CN)CC2)c1. The van der Waals surface area contributed by atoms with Crippen LogP contribution in [-0.4, -0.2) is 26.5 Å².